The van der Waals surface area contributed by atoms with Crippen LogP contribution in [-0.2, 0) is 40.3 Å². The summed E-state index contributed by atoms with van der Waals surface area (Å²) >= 11 is 3.94. The number of oxime groups is 1. The first-order valence-corrected chi connectivity index (χ1v) is 24.9. The lowest BCUT2D eigenvalue weighted by molar-refractivity contribution is -0.154. The molecular formula is C50H41N7O6S4. The number of benzene rings is 5. The molecule has 3 unspecified atom stereocenters. The van der Waals surface area contributed by atoms with Gasteiger partial charge >= 0.3 is 5.97 Å². The van der Waals surface area contributed by atoms with Crippen LogP contribution in [0.3, 0.4) is 0 Å². The Morgan fingerprint density at radius 3 is 1.93 bits per heavy atom. The van der Waals surface area contributed by atoms with E-state index in [9.17, 15) is 18.6 Å². The fourth-order valence-electron chi connectivity index (χ4n) is 8.06. The number of carbonyl (C=O) groups excluding carboxylic acids is 3. The first-order chi connectivity index (χ1) is 32.7. The van der Waals surface area contributed by atoms with E-state index in [1.54, 1.807) is 16.9 Å². The van der Waals surface area contributed by atoms with Gasteiger partial charge in [0.15, 0.2) is 21.3 Å². The topological polar surface area (TPSA) is 165 Å². The van der Waals surface area contributed by atoms with E-state index >= 15 is 0 Å². The minimum Gasteiger partial charge on any atom is -0.448 e. The molecule has 7 aromatic rings. The lowest BCUT2D eigenvalue weighted by atomic mass is 9.77. The maximum absolute atomic E-state index is 14.6. The first-order valence-electron chi connectivity index (χ1n) is 21.0. The molecule has 2 aliphatic heterocycles. The van der Waals surface area contributed by atoms with E-state index in [1.807, 2.05) is 159 Å². The fourth-order valence-corrected chi connectivity index (χ4v) is 12.0. The Labute approximate surface area is 401 Å². The van der Waals surface area contributed by atoms with Crippen LogP contribution in [-0.4, -0.2) is 72.1 Å². The van der Waals surface area contributed by atoms with E-state index in [-0.39, 0.29) is 22.9 Å². The summed E-state index contributed by atoms with van der Waals surface area (Å²) in [5.41, 5.74) is 3.63. The van der Waals surface area contributed by atoms with E-state index < -0.39 is 51.6 Å². The molecule has 1 fully saturated rings. The van der Waals surface area contributed by atoms with Crippen LogP contribution < -0.4 is 10.6 Å². The molecule has 2 N–H and O–H groups in total. The van der Waals surface area contributed by atoms with Crippen LogP contribution >= 0.6 is 34.4 Å². The number of anilines is 1. The summed E-state index contributed by atoms with van der Waals surface area (Å²) in [6, 6.07) is 47.3. The molecule has 67 heavy (non-hydrogen) atoms. The van der Waals surface area contributed by atoms with Crippen LogP contribution in [0.5, 0.6) is 0 Å². The van der Waals surface area contributed by atoms with Crippen LogP contribution in [0.4, 0.5) is 5.13 Å². The number of nitrogens with zero attached hydrogens (tertiary/aromatic N) is 5. The largest absolute Gasteiger partial charge is 0.448 e. The number of rotatable bonds is 16. The zero-order chi connectivity index (χ0) is 46.3. The van der Waals surface area contributed by atoms with E-state index in [0.717, 1.165) is 21.7 Å². The Kier molecular flexibility index (Phi) is 13.6. The van der Waals surface area contributed by atoms with Crippen molar-refractivity contribution < 1.29 is 28.2 Å². The Morgan fingerprint density at radius 2 is 1.40 bits per heavy atom. The van der Waals surface area contributed by atoms with Crippen molar-refractivity contribution in [2.24, 2.45) is 5.16 Å². The van der Waals surface area contributed by atoms with Gasteiger partial charge in [0.1, 0.15) is 40.5 Å². The Morgan fingerprint density at radius 1 is 0.851 bits per heavy atom. The summed E-state index contributed by atoms with van der Waals surface area (Å²) < 4.78 is 21.1. The minimum absolute atomic E-state index is 0.0676. The van der Waals surface area contributed by atoms with Crippen LogP contribution in [0.1, 0.15) is 44.6 Å². The molecule has 0 saturated carbocycles. The number of β-lactam (4-membered cyclic amide) rings is 1. The first kappa shape index (κ1) is 45.1. The molecule has 4 heterocycles. The average Bonchev–Trinajstić information content (AvgIpc) is 4.02. The van der Waals surface area contributed by atoms with Gasteiger partial charge in [0.25, 0.3) is 11.8 Å². The normalized spacial score (nSPS) is 17.2. The molecule has 1 saturated heterocycles. The van der Waals surface area contributed by atoms with Gasteiger partial charge in [0, 0.05) is 5.38 Å². The molecule has 0 spiro atoms. The summed E-state index contributed by atoms with van der Waals surface area (Å²) in [7, 11) is -0.468. The Hall–Kier alpha value is -7.05. The predicted octanol–water partition coefficient (Wildman–Crippen LogP) is 8.37. The monoisotopic (exact) mass is 963 g/mol. The zero-order valence-electron chi connectivity index (χ0n) is 35.9. The number of hydrogen-bond donors (Lipinski definition) is 2. The highest BCUT2D eigenvalue weighted by Gasteiger charge is 2.57. The van der Waals surface area contributed by atoms with Crippen molar-refractivity contribution in [3.05, 3.63) is 218 Å². The Balaban J connectivity index is 1.00. The zero-order valence-corrected chi connectivity index (χ0v) is 39.2. The number of fused-ring (bicyclic) bond motifs is 1. The number of aromatic nitrogens is 3. The van der Waals surface area contributed by atoms with Crippen molar-refractivity contribution >= 4 is 73.9 Å². The summed E-state index contributed by atoms with van der Waals surface area (Å²) in [5, 5.41) is 22.3. The molecule has 2 aliphatic rings. The molecule has 5 aromatic carbocycles. The van der Waals surface area contributed by atoms with Crippen molar-refractivity contribution in [2.75, 3.05) is 18.2 Å². The van der Waals surface area contributed by atoms with Crippen LogP contribution in [0.15, 0.2) is 189 Å². The fraction of sp³-hybridized carbons (Fsp3) is 0.140. The predicted molar refractivity (Wildman–Crippen MR) is 262 cm³/mol. The molecule has 0 radical (unpaired) electrons. The molecular weight excluding hydrogens is 923 g/mol. The number of nitrogens with one attached hydrogen (secondary N) is 2. The molecule has 2 amide bonds. The molecule has 2 aromatic heterocycles. The second kappa shape index (κ2) is 20.2. The number of allylic oxidation sites excluding steroid dienone is 1. The van der Waals surface area contributed by atoms with Crippen LogP contribution in [0, 0.1) is 6.92 Å². The van der Waals surface area contributed by atoms with E-state index in [4.69, 9.17) is 14.6 Å². The lowest BCUT2D eigenvalue weighted by Crippen LogP contribution is -2.74. The molecule has 0 bridgehead atoms. The molecule has 3 atom stereocenters. The maximum Gasteiger partial charge on any atom is 0.356 e. The van der Waals surface area contributed by atoms with Crippen molar-refractivity contribution in [2.45, 2.75) is 34.3 Å². The number of hydrogen-bond acceptors (Lipinski definition) is 14. The van der Waals surface area contributed by atoms with E-state index in [1.165, 1.54) is 46.4 Å². The van der Waals surface area contributed by atoms with Gasteiger partial charge in [-0.25, -0.2) is 9.78 Å². The highest BCUT2D eigenvalue weighted by molar-refractivity contribution is 8.03. The van der Waals surface area contributed by atoms with E-state index in [0.29, 0.717) is 26.2 Å². The molecule has 0 aliphatic carbocycles. The SMILES string of the molecule is CON=C(C(=O)NC1C(=O)N2C(C(=O)OC(c3ccccc3)c3ccccc3)=C(C=CSc3nnc(C)s3)CS(=O)C12)c1csc(NC(c2ccccc2)(c2ccccc2)c2ccccc2)n1. The summed E-state index contributed by atoms with van der Waals surface area (Å²) in [6.07, 6.45) is 0.817. The van der Waals surface area contributed by atoms with Crippen LogP contribution in [0.2, 0.25) is 0 Å². The van der Waals surface area contributed by atoms with Gasteiger partial charge in [-0.15, -0.1) is 21.5 Å². The standard InChI is InChI=1S/C50H41N7O6S4/c1-32-54-55-49(66-32)64-29-28-35-31-67(61)46-41(45(59)57(46)42(35)47(60)63-43(33-18-8-3-9-19-33)34-20-10-4-11-21-34)52-44(58)40(56-62-2)39-30-65-48(51-39)53-50(36-22-12-5-13-23-36,37-24-14-6-15-25-37)38-26-16-7-17-27-38/h3-30,41,43,46H,31H2,1-2H3,(H,51,53)(H,52,58). The van der Waals surface area contributed by atoms with Gasteiger partial charge in [-0.3, -0.25) is 18.7 Å². The third kappa shape index (κ3) is 9.36. The second-order valence-electron chi connectivity index (χ2n) is 15.2. The number of carbonyl (C=O) groups is 3. The number of aryl methyl sites for hydroxylation is 1. The van der Waals surface area contributed by atoms with Crippen molar-refractivity contribution in [1.29, 1.82) is 0 Å². The van der Waals surface area contributed by atoms with Gasteiger partial charge in [0.05, 0.1) is 16.6 Å². The third-order valence-electron chi connectivity index (χ3n) is 11.1. The number of thiazole rings is 1. The number of esters is 1. The number of amides is 2. The van der Waals surface area contributed by atoms with Gasteiger partial charge in [0.2, 0.25) is 0 Å². The van der Waals surface area contributed by atoms with Gasteiger partial charge in [-0.2, -0.15) is 0 Å². The molecule has 9 rings (SSSR count). The molecule has 336 valence electrons. The van der Waals surface area contributed by atoms with Gasteiger partial charge in [-0.1, -0.05) is 180 Å². The number of ether oxygens (including phenoxy) is 1. The second-order valence-corrected chi connectivity index (χ2v) is 19.9. The number of thioether (sulfide) groups is 1. The van der Waals surface area contributed by atoms with Crippen molar-refractivity contribution in [1.82, 2.24) is 25.4 Å². The quantitative estimate of drug-likeness (QED) is 0.0239. The van der Waals surface area contributed by atoms with Crippen molar-refractivity contribution in [3.63, 3.8) is 0 Å². The lowest BCUT2D eigenvalue weighted by Gasteiger charge is -2.49. The van der Waals surface area contributed by atoms with Gasteiger partial charge < -0.3 is 20.2 Å². The van der Waals surface area contributed by atoms with Crippen molar-refractivity contribution in [3.8, 4) is 0 Å². The summed E-state index contributed by atoms with van der Waals surface area (Å²) in [6.45, 7) is 1.85. The van der Waals surface area contributed by atoms with Crippen LogP contribution in [0.25, 0.3) is 0 Å². The van der Waals surface area contributed by atoms with Gasteiger partial charge in [-0.05, 0) is 51.8 Å². The summed E-state index contributed by atoms with van der Waals surface area (Å²) in [5.74, 6) is -2.34. The minimum atomic E-state index is -1.77. The Bertz CT molecular complexity index is 2870. The smallest absolute Gasteiger partial charge is 0.356 e. The maximum atomic E-state index is 14.6. The highest BCUT2D eigenvalue weighted by atomic mass is 32.2. The highest BCUT2D eigenvalue weighted by Crippen LogP contribution is 2.42. The summed E-state index contributed by atoms with van der Waals surface area (Å²) in [4.78, 5) is 54.3. The third-order valence-corrected chi connectivity index (χ3v) is 15.2. The average molecular weight is 964 g/mol. The molecule has 13 nitrogen and oxygen atoms in total. The van der Waals surface area contributed by atoms with E-state index in [2.05, 4.69) is 26.0 Å². The molecule has 17 heteroatoms.